The van der Waals surface area contributed by atoms with Gasteiger partial charge in [-0.15, -0.1) is 0 Å². The molecule has 2 amide bonds. The summed E-state index contributed by atoms with van der Waals surface area (Å²) in [6.45, 7) is 5.19. The minimum absolute atomic E-state index is 0.0227. The summed E-state index contributed by atoms with van der Waals surface area (Å²) in [4.78, 5) is 33.8. The fourth-order valence-electron chi connectivity index (χ4n) is 5.16. The second-order valence-corrected chi connectivity index (χ2v) is 8.59. The molecule has 0 N–H and O–H groups in total. The quantitative estimate of drug-likeness (QED) is 0.775. The van der Waals surface area contributed by atoms with E-state index in [2.05, 4.69) is 11.9 Å². The van der Waals surface area contributed by atoms with Gasteiger partial charge in [0.25, 0.3) is 5.91 Å². The van der Waals surface area contributed by atoms with Crippen molar-refractivity contribution in [1.82, 2.24) is 14.8 Å². The zero-order valence-electron chi connectivity index (χ0n) is 17.6. The number of carbonyl (C=O) groups excluding carboxylic acids is 2. The van der Waals surface area contributed by atoms with E-state index in [1.807, 2.05) is 9.80 Å². The molecule has 3 heterocycles. The Balaban J connectivity index is 1.52. The maximum absolute atomic E-state index is 13.9. The summed E-state index contributed by atoms with van der Waals surface area (Å²) in [5, 5.41) is 0. The van der Waals surface area contributed by atoms with Crippen LogP contribution in [0.2, 0.25) is 0 Å². The summed E-state index contributed by atoms with van der Waals surface area (Å²) in [7, 11) is 0. The standard InChI is InChI=1S/C24H28FN3O2/c1-17(29)28-14-5-9-22-24(28,2)12-6-13-27(22)23(30)19-10-11-20(26-16-19)15-18-7-3-4-8-21(18)25/h3-4,7-8,10-11,16,22H,5-6,9,12-15H2,1-2H3/t22-,24+/m1/s1. The molecule has 2 atom stereocenters. The van der Waals surface area contributed by atoms with E-state index < -0.39 is 0 Å². The van der Waals surface area contributed by atoms with Crippen molar-refractivity contribution in [2.75, 3.05) is 13.1 Å². The number of piperidine rings is 2. The molecule has 2 aromatic rings. The summed E-state index contributed by atoms with van der Waals surface area (Å²) in [5.41, 5.74) is 1.54. The molecule has 0 bridgehead atoms. The molecule has 0 aliphatic carbocycles. The number of hydrogen-bond donors (Lipinski definition) is 0. The Morgan fingerprint density at radius 3 is 2.67 bits per heavy atom. The van der Waals surface area contributed by atoms with Gasteiger partial charge in [-0.05, 0) is 56.4 Å². The first kappa shape index (κ1) is 20.5. The van der Waals surface area contributed by atoms with E-state index in [1.54, 1.807) is 43.5 Å². The van der Waals surface area contributed by atoms with Gasteiger partial charge in [0, 0.05) is 38.3 Å². The van der Waals surface area contributed by atoms with Gasteiger partial charge in [-0.25, -0.2) is 4.39 Å². The SMILES string of the molecule is CC(=O)N1CCC[C@H]2N(C(=O)c3ccc(Cc4ccccc4F)nc3)CCC[C@@]21C. The Kier molecular flexibility index (Phi) is 5.58. The molecule has 0 saturated carbocycles. The van der Waals surface area contributed by atoms with Gasteiger partial charge in [-0.2, -0.15) is 0 Å². The highest BCUT2D eigenvalue weighted by molar-refractivity contribution is 5.94. The molecule has 4 rings (SSSR count). The van der Waals surface area contributed by atoms with E-state index >= 15 is 0 Å². The number of rotatable bonds is 3. The fraction of sp³-hybridized carbons (Fsp3) is 0.458. The first-order valence-electron chi connectivity index (χ1n) is 10.7. The van der Waals surface area contributed by atoms with Gasteiger partial charge in [0.2, 0.25) is 5.91 Å². The Bertz CT molecular complexity index is 946. The lowest BCUT2D eigenvalue weighted by Crippen LogP contribution is -2.67. The van der Waals surface area contributed by atoms with Crippen LogP contribution in [0.1, 0.15) is 61.1 Å². The van der Waals surface area contributed by atoms with Crippen LogP contribution in [0.5, 0.6) is 0 Å². The number of aromatic nitrogens is 1. The molecular formula is C24H28FN3O2. The van der Waals surface area contributed by atoms with Gasteiger partial charge in [0.1, 0.15) is 5.82 Å². The molecule has 2 fully saturated rings. The van der Waals surface area contributed by atoms with Crippen molar-refractivity contribution in [3.63, 3.8) is 0 Å². The van der Waals surface area contributed by atoms with Crippen molar-refractivity contribution in [2.45, 2.75) is 57.5 Å². The predicted octanol–water partition coefficient (Wildman–Crippen LogP) is 3.82. The molecule has 0 unspecified atom stereocenters. The van der Waals surface area contributed by atoms with Gasteiger partial charge >= 0.3 is 0 Å². The van der Waals surface area contributed by atoms with E-state index in [9.17, 15) is 14.0 Å². The van der Waals surface area contributed by atoms with E-state index in [0.29, 0.717) is 24.1 Å². The van der Waals surface area contributed by atoms with Gasteiger partial charge in [0.15, 0.2) is 0 Å². The lowest BCUT2D eigenvalue weighted by Gasteiger charge is -2.56. The fourth-order valence-corrected chi connectivity index (χ4v) is 5.16. The van der Waals surface area contributed by atoms with Gasteiger partial charge < -0.3 is 9.80 Å². The smallest absolute Gasteiger partial charge is 0.255 e. The molecule has 1 aromatic carbocycles. The number of pyridine rings is 1. The zero-order valence-corrected chi connectivity index (χ0v) is 17.6. The molecule has 0 spiro atoms. The minimum Gasteiger partial charge on any atom is -0.335 e. The van der Waals surface area contributed by atoms with Gasteiger partial charge in [-0.1, -0.05) is 18.2 Å². The molecule has 2 aliphatic heterocycles. The molecule has 2 saturated heterocycles. The van der Waals surface area contributed by atoms with E-state index in [-0.39, 0.29) is 29.2 Å². The zero-order chi connectivity index (χ0) is 21.3. The minimum atomic E-state index is -0.309. The van der Waals surface area contributed by atoms with Crippen LogP contribution >= 0.6 is 0 Å². The maximum atomic E-state index is 13.9. The Morgan fingerprint density at radius 2 is 1.97 bits per heavy atom. The Morgan fingerprint density at radius 1 is 1.17 bits per heavy atom. The van der Waals surface area contributed by atoms with Crippen LogP contribution in [0.15, 0.2) is 42.6 Å². The van der Waals surface area contributed by atoms with Crippen LogP contribution < -0.4 is 0 Å². The van der Waals surface area contributed by atoms with Crippen LogP contribution in [0, 0.1) is 5.82 Å². The topological polar surface area (TPSA) is 53.5 Å². The number of fused-ring (bicyclic) bond motifs is 1. The first-order chi connectivity index (χ1) is 14.4. The normalized spacial score (nSPS) is 23.8. The third-order valence-electron chi connectivity index (χ3n) is 6.69. The second kappa shape index (κ2) is 8.17. The summed E-state index contributed by atoms with van der Waals surface area (Å²) >= 11 is 0. The number of benzene rings is 1. The van der Waals surface area contributed by atoms with Crippen molar-refractivity contribution < 1.29 is 14.0 Å². The highest BCUT2D eigenvalue weighted by Crippen LogP contribution is 2.39. The maximum Gasteiger partial charge on any atom is 0.255 e. The molecular weight excluding hydrogens is 381 g/mol. The molecule has 5 nitrogen and oxygen atoms in total. The summed E-state index contributed by atoms with van der Waals surface area (Å²) in [6.07, 6.45) is 5.59. The van der Waals surface area contributed by atoms with Crippen molar-refractivity contribution in [3.05, 3.63) is 65.2 Å². The molecule has 2 aliphatic rings. The Labute approximate surface area is 176 Å². The van der Waals surface area contributed by atoms with Gasteiger partial charge in [0.05, 0.1) is 17.1 Å². The number of likely N-dealkylation sites (tertiary alicyclic amines) is 2. The van der Waals surface area contributed by atoms with Gasteiger partial charge in [-0.3, -0.25) is 14.6 Å². The number of halogens is 1. The van der Waals surface area contributed by atoms with Crippen molar-refractivity contribution >= 4 is 11.8 Å². The first-order valence-corrected chi connectivity index (χ1v) is 10.7. The molecule has 158 valence electrons. The number of nitrogens with zero attached hydrogens (tertiary/aromatic N) is 3. The largest absolute Gasteiger partial charge is 0.335 e. The lowest BCUT2D eigenvalue weighted by atomic mass is 9.76. The summed E-state index contributed by atoms with van der Waals surface area (Å²) in [5.74, 6) is -0.212. The molecule has 30 heavy (non-hydrogen) atoms. The molecule has 1 aromatic heterocycles. The molecule has 6 heteroatoms. The average molecular weight is 410 g/mol. The van der Waals surface area contributed by atoms with Crippen molar-refractivity contribution in [2.24, 2.45) is 0 Å². The third-order valence-corrected chi connectivity index (χ3v) is 6.69. The highest BCUT2D eigenvalue weighted by atomic mass is 19.1. The van der Waals surface area contributed by atoms with Crippen LogP contribution in [-0.2, 0) is 11.2 Å². The Hall–Kier alpha value is -2.76. The summed E-state index contributed by atoms with van der Waals surface area (Å²) in [6, 6.07) is 10.3. The number of hydrogen-bond acceptors (Lipinski definition) is 3. The van der Waals surface area contributed by atoms with E-state index in [4.69, 9.17) is 0 Å². The lowest BCUT2D eigenvalue weighted by molar-refractivity contribution is -0.143. The highest BCUT2D eigenvalue weighted by Gasteiger charge is 2.49. The monoisotopic (exact) mass is 409 g/mol. The van der Waals surface area contributed by atoms with E-state index in [0.717, 1.165) is 37.9 Å². The second-order valence-electron chi connectivity index (χ2n) is 8.59. The van der Waals surface area contributed by atoms with Crippen LogP contribution in [-0.4, -0.2) is 51.3 Å². The third kappa shape index (κ3) is 3.71. The van der Waals surface area contributed by atoms with E-state index in [1.165, 1.54) is 6.07 Å². The van der Waals surface area contributed by atoms with Crippen molar-refractivity contribution in [1.29, 1.82) is 0 Å². The number of amides is 2. The average Bonchev–Trinajstić information content (AvgIpc) is 2.74. The number of carbonyl (C=O) groups is 2. The summed E-state index contributed by atoms with van der Waals surface area (Å²) < 4.78 is 13.9. The molecule has 0 radical (unpaired) electrons. The van der Waals surface area contributed by atoms with Crippen molar-refractivity contribution in [3.8, 4) is 0 Å². The van der Waals surface area contributed by atoms with Crippen LogP contribution in [0.25, 0.3) is 0 Å². The van der Waals surface area contributed by atoms with Crippen LogP contribution in [0.4, 0.5) is 4.39 Å². The predicted molar refractivity (Wildman–Crippen MR) is 113 cm³/mol. The van der Waals surface area contributed by atoms with Crippen LogP contribution in [0.3, 0.4) is 0 Å².